The largest absolute Gasteiger partial charge is 0.493 e. The quantitative estimate of drug-likeness (QED) is 0.295. The number of hydrogen-bond donors (Lipinski definition) is 5. The molecular formula is C22H25ClFN3O6. The maximum Gasteiger partial charge on any atom is 0.164 e. The molecule has 0 unspecified atom stereocenters. The molecule has 0 bridgehead atoms. The lowest BCUT2D eigenvalue weighted by molar-refractivity contribution is -0.0981. The Kier molecular flexibility index (Phi) is 8.22. The van der Waals surface area contributed by atoms with Gasteiger partial charge in [0.2, 0.25) is 0 Å². The molecule has 33 heavy (non-hydrogen) atoms. The van der Waals surface area contributed by atoms with Crippen LogP contribution in [0.2, 0.25) is 5.02 Å². The number of nitrogens with one attached hydrogen (secondary N) is 1. The van der Waals surface area contributed by atoms with E-state index in [1.165, 1.54) is 19.5 Å². The van der Waals surface area contributed by atoms with Crippen molar-refractivity contribution in [2.45, 2.75) is 31.4 Å². The average Bonchev–Trinajstić information content (AvgIpc) is 2.83. The smallest absolute Gasteiger partial charge is 0.164 e. The van der Waals surface area contributed by atoms with E-state index in [1.54, 1.807) is 18.2 Å². The van der Waals surface area contributed by atoms with E-state index in [4.69, 9.17) is 26.2 Å². The minimum atomic E-state index is -2.10. The molecule has 0 spiro atoms. The van der Waals surface area contributed by atoms with Crippen molar-refractivity contribution in [1.82, 2.24) is 9.97 Å². The van der Waals surface area contributed by atoms with Crippen LogP contribution in [0, 0.1) is 6.92 Å². The summed E-state index contributed by atoms with van der Waals surface area (Å²) in [6.45, 7) is 0.144. The van der Waals surface area contributed by atoms with Gasteiger partial charge in [-0.05, 0) is 30.7 Å². The molecule has 0 aliphatic rings. The molecule has 5 N–H and O–H groups in total. The van der Waals surface area contributed by atoms with Gasteiger partial charge in [0.05, 0.1) is 25.8 Å². The van der Waals surface area contributed by atoms with Crippen LogP contribution in [-0.4, -0.2) is 75.2 Å². The number of hydrogen-bond acceptors (Lipinski definition) is 9. The molecule has 11 heteroatoms. The lowest BCUT2D eigenvalue weighted by atomic mass is 10.0. The van der Waals surface area contributed by atoms with Crippen molar-refractivity contribution in [3.05, 3.63) is 47.2 Å². The van der Waals surface area contributed by atoms with Crippen molar-refractivity contribution in [2.24, 2.45) is 0 Å². The molecule has 1 aromatic heterocycles. The first kappa shape index (κ1) is 24.9. The normalized spacial score (nSPS) is 15.0. The van der Waals surface area contributed by atoms with Gasteiger partial charge in [-0.2, -0.15) is 0 Å². The van der Waals surface area contributed by atoms with Gasteiger partial charge in [0, 0.05) is 22.2 Å². The van der Waals surface area contributed by atoms with E-state index in [0.29, 0.717) is 21.7 Å². The van der Waals surface area contributed by atoms with Crippen molar-refractivity contribution in [3.8, 4) is 11.5 Å². The first-order valence-electron chi connectivity index (χ1n) is 10.0. The van der Waals surface area contributed by atoms with Crippen molar-refractivity contribution >= 4 is 34.0 Å². The predicted octanol–water partition coefficient (Wildman–Crippen LogP) is 2.14. The number of methoxy groups -OCH3 is 1. The molecule has 0 saturated carbocycles. The van der Waals surface area contributed by atoms with Gasteiger partial charge in [-0.1, -0.05) is 17.7 Å². The van der Waals surface area contributed by atoms with Crippen LogP contribution in [0.3, 0.4) is 0 Å². The summed E-state index contributed by atoms with van der Waals surface area (Å²) in [6.07, 6.45) is -5.93. The van der Waals surface area contributed by atoms with Crippen LogP contribution < -0.4 is 14.8 Å². The van der Waals surface area contributed by atoms with Crippen molar-refractivity contribution < 1.29 is 34.3 Å². The van der Waals surface area contributed by atoms with Crippen LogP contribution in [0.4, 0.5) is 15.9 Å². The van der Waals surface area contributed by atoms with Crippen LogP contribution in [0.5, 0.6) is 11.5 Å². The summed E-state index contributed by atoms with van der Waals surface area (Å²) in [5.41, 5.74) is 2.04. The molecule has 4 atom stereocenters. The highest BCUT2D eigenvalue weighted by Gasteiger charge is 2.34. The fraction of sp³-hybridized carbons (Fsp3) is 0.364. The van der Waals surface area contributed by atoms with E-state index >= 15 is 0 Å². The zero-order valence-corrected chi connectivity index (χ0v) is 18.7. The fourth-order valence-electron chi connectivity index (χ4n) is 3.21. The third-order valence-electron chi connectivity index (χ3n) is 5.18. The van der Waals surface area contributed by atoms with Gasteiger partial charge in [0.1, 0.15) is 24.4 Å². The van der Waals surface area contributed by atoms with E-state index in [2.05, 4.69) is 15.3 Å². The number of halogens is 2. The molecule has 0 aliphatic carbocycles. The summed E-state index contributed by atoms with van der Waals surface area (Å²) in [4.78, 5) is 8.53. The average molecular weight is 482 g/mol. The summed E-state index contributed by atoms with van der Waals surface area (Å²) in [6, 6.07) is 8.55. The van der Waals surface area contributed by atoms with Crippen molar-refractivity contribution in [1.29, 1.82) is 0 Å². The zero-order chi connectivity index (χ0) is 24.1. The summed E-state index contributed by atoms with van der Waals surface area (Å²) in [7, 11) is 1.40. The number of alkyl halides is 1. The predicted molar refractivity (Wildman–Crippen MR) is 121 cm³/mol. The first-order chi connectivity index (χ1) is 15.8. The second-order valence-corrected chi connectivity index (χ2v) is 7.71. The molecular weight excluding hydrogens is 457 g/mol. The molecule has 0 radical (unpaired) electrons. The first-order valence-corrected chi connectivity index (χ1v) is 10.4. The van der Waals surface area contributed by atoms with E-state index in [1.807, 2.05) is 13.0 Å². The maximum absolute atomic E-state index is 13.6. The maximum atomic E-state index is 13.6. The van der Waals surface area contributed by atoms with Crippen LogP contribution in [0.25, 0.3) is 10.9 Å². The molecule has 3 aromatic rings. The summed E-state index contributed by atoms with van der Waals surface area (Å²) in [5.74, 6) is 0.799. The Balaban J connectivity index is 1.95. The number of aliphatic hydroxyl groups is 4. The SMILES string of the molecule is COc1cc2c(Nc3cccc(Cl)c3C)ncnc2cc1O[C@H](CO)[C@H](O)[C@@H](O)[C@H](F)CO. The van der Waals surface area contributed by atoms with Gasteiger partial charge in [-0.15, -0.1) is 0 Å². The lowest BCUT2D eigenvalue weighted by Gasteiger charge is -2.28. The van der Waals surface area contributed by atoms with E-state index < -0.39 is 37.7 Å². The standard InChI is InChI=1S/C22H25ClFN3O6/c1-11-13(23)4-3-5-15(11)27-22-12-6-17(32-2)18(7-16(12)25-10-26-22)33-19(9-29)21(31)20(30)14(24)8-28/h3-7,10,14,19-21,28-31H,8-9H2,1-2H3,(H,25,26,27)/t14-,19-,20+,21+/m1/s1. The van der Waals surface area contributed by atoms with E-state index in [0.717, 1.165) is 11.3 Å². The molecule has 0 fully saturated rings. The topological polar surface area (TPSA) is 137 Å². The lowest BCUT2D eigenvalue weighted by Crippen LogP contribution is -2.48. The van der Waals surface area contributed by atoms with Gasteiger partial charge < -0.3 is 35.2 Å². The Morgan fingerprint density at radius 2 is 1.85 bits per heavy atom. The Labute approximate surface area is 194 Å². The van der Waals surface area contributed by atoms with Crippen LogP contribution >= 0.6 is 11.6 Å². The van der Waals surface area contributed by atoms with Gasteiger partial charge in [-0.3, -0.25) is 0 Å². The van der Waals surface area contributed by atoms with Crippen LogP contribution in [0.1, 0.15) is 5.56 Å². The number of fused-ring (bicyclic) bond motifs is 1. The number of benzene rings is 2. The Bertz CT molecular complexity index is 1110. The van der Waals surface area contributed by atoms with Gasteiger partial charge >= 0.3 is 0 Å². The van der Waals surface area contributed by atoms with E-state index in [9.17, 15) is 19.7 Å². The fourth-order valence-corrected chi connectivity index (χ4v) is 3.38. The number of ether oxygens (including phenoxy) is 2. The number of aliphatic hydroxyl groups excluding tert-OH is 4. The third kappa shape index (κ3) is 5.43. The Morgan fingerprint density at radius 3 is 2.52 bits per heavy atom. The minimum absolute atomic E-state index is 0.0956. The summed E-state index contributed by atoms with van der Waals surface area (Å²) in [5, 5.41) is 42.9. The zero-order valence-electron chi connectivity index (χ0n) is 17.9. The molecule has 0 amide bonds. The highest BCUT2D eigenvalue weighted by molar-refractivity contribution is 6.31. The van der Waals surface area contributed by atoms with Gasteiger partial charge in [0.25, 0.3) is 0 Å². The van der Waals surface area contributed by atoms with Gasteiger partial charge in [-0.25, -0.2) is 14.4 Å². The molecule has 0 aliphatic heterocycles. The van der Waals surface area contributed by atoms with Crippen molar-refractivity contribution in [3.63, 3.8) is 0 Å². The third-order valence-corrected chi connectivity index (χ3v) is 5.59. The second-order valence-electron chi connectivity index (χ2n) is 7.30. The monoisotopic (exact) mass is 481 g/mol. The van der Waals surface area contributed by atoms with E-state index in [-0.39, 0.29) is 11.5 Å². The van der Waals surface area contributed by atoms with Crippen molar-refractivity contribution in [2.75, 3.05) is 25.6 Å². The summed E-state index contributed by atoms with van der Waals surface area (Å²) >= 11 is 6.20. The highest BCUT2D eigenvalue weighted by Crippen LogP contribution is 2.36. The molecule has 1 heterocycles. The van der Waals surface area contributed by atoms with Gasteiger partial charge in [0.15, 0.2) is 23.8 Å². The minimum Gasteiger partial charge on any atom is -0.493 e. The molecule has 2 aromatic carbocycles. The molecule has 178 valence electrons. The molecule has 9 nitrogen and oxygen atoms in total. The molecule has 0 saturated heterocycles. The number of rotatable bonds is 10. The highest BCUT2D eigenvalue weighted by atomic mass is 35.5. The van der Waals surface area contributed by atoms with Crippen LogP contribution in [0.15, 0.2) is 36.7 Å². The molecule has 3 rings (SSSR count). The summed E-state index contributed by atoms with van der Waals surface area (Å²) < 4.78 is 24.6. The number of nitrogens with zero attached hydrogens (tertiary/aromatic N) is 2. The van der Waals surface area contributed by atoms with Crippen LogP contribution in [-0.2, 0) is 0 Å². The number of aromatic nitrogens is 2. The second kappa shape index (κ2) is 10.9. The Hall–Kier alpha value is -2.76. The number of anilines is 2. The Morgan fingerprint density at radius 1 is 1.09 bits per heavy atom.